The Morgan fingerprint density at radius 3 is 2.47 bits per heavy atom. The normalized spacial score (nSPS) is 12.2. The van der Waals surface area contributed by atoms with E-state index in [0.717, 1.165) is 11.1 Å². The molecule has 0 saturated heterocycles. The summed E-state index contributed by atoms with van der Waals surface area (Å²) in [5, 5.41) is 20.3. The number of aryl methyl sites for hydroxylation is 2. The van der Waals surface area contributed by atoms with Crippen molar-refractivity contribution in [3.05, 3.63) is 34.9 Å². The zero-order chi connectivity index (χ0) is 14.4. The van der Waals surface area contributed by atoms with E-state index in [-0.39, 0.29) is 25.4 Å². The van der Waals surface area contributed by atoms with Crippen LogP contribution in [0.1, 0.15) is 27.9 Å². The molecule has 1 aromatic carbocycles. The number of rotatable bonds is 7. The van der Waals surface area contributed by atoms with E-state index in [1.165, 1.54) is 0 Å². The highest BCUT2D eigenvalue weighted by molar-refractivity contribution is 6.01. The smallest absolute Gasteiger partial charge is 0.305 e. The Morgan fingerprint density at radius 1 is 1.26 bits per heavy atom. The van der Waals surface area contributed by atoms with Crippen LogP contribution in [0.3, 0.4) is 0 Å². The second-order valence-electron chi connectivity index (χ2n) is 4.49. The highest BCUT2D eigenvalue weighted by Crippen LogP contribution is 2.13. The number of carboxylic acids is 1. The minimum absolute atomic E-state index is 0.143. The van der Waals surface area contributed by atoms with Crippen molar-refractivity contribution in [3.63, 3.8) is 0 Å². The van der Waals surface area contributed by atoms with Gasteiger partial charge in [0.05, 0.1) is 19.1 Å². The van der Waals surface area contributed by atoms with Crippen molar-refractivity contribution in [2.45, 2.75) is 26.3 Å². The lowest BCUT2D eigenvalue weighted by Gasteiger charge is -2.15. The van der Waals surface area contributed by atoms with Crippen molar-refractivity contribution in [2.75, 3.05) is 13.2 Å². The fourth-order valence-corrected chi connectivity index (χ4v) is 1.77. The van der Waals surface area contributed by atoms with Crippen molar-refractivity contribution in [2.24, 2.45) is 0 Å². The van der Waals surface area contributed by atoms with Crippen molar-refractivity contribution in [1.82, 2.24) is 5.32 Å². The van der Waals surface area contributed by atoms with Crippen LogP contribution in [0.5, 0.6) is 0 Å². The maximum atomic E-state index is 12.2. The summed E-state index contributed by atoms with van der Waals surface area (Å²) < 4.78 is 0. The van der Waals surface area contributed by atoms with Gasteiger partial charge in [-0.15, -0.1) is 0 Å². The van der Waals surface area contributed by atoms with Crippen molar-refractivity contribution < 1.29 is 19.8 Å². The molecule has 0 aliphatic rings. The predicted octanol–water partition coefficient (Wildman–Crippen LogP) is 0.911. The largest absolute Gasteiger partial charge is 0.481 e. The van der Waals surface area contributed by atoms with Crippen LogP contribution < -0.4 is 5.32 Å². The quantitative estimate of drug-likeness (QED) is 0.638. The topological polar surface area (TPSA) is 86.6 Å². The number of hydrogen-bond donors (Lipinski definition) is 3. The van der Waals surface area contributed by atoms with E-state index in [0.29, 0.717) is 5.56 Å². The number of carbonyl (C=O) groups is 2. The van der Waals surface area contributed by atoms with E-state index in [1.807, 2.05) is 19.9 Å². The number of benzene rings is 1. The summed E-state index contributed by atoms with van der Waals surface area (Å²) in [5.41, 5.74) is 2.55. The number of hydrogen-bond acceptors (Lipinski definition) is 4. The van der Waals surface area contributed by atoms with Crippen LogP contribution in [0, 0.1) is 13.8 Å². The van der Waals surface area contributed by atoms with Crippen molar-refractivity contribution >= 4 is 11.8 Å². The van der Waals surface area contributed by atoms with Crippen LogP contribution in [0.4, 0.5) is 0 Å². The molecule has 1 atom stereocenters. The van der Waals surface area contributed by atoms with E-state index >= 15 is 0 Å². The lowest BCUT2D eigenvalue weighted by atomic mass is 9.98. The molecule has 5 heteroatoms. The van der Waals surface area contributed by atoms with E-state index in [9.17, 15) is 9.59 Å². The first kappa shape index (κ1) is 15.3. The van der Waals surface area contributed by atoms with Crippen LogP contribution in [-0.4, -0.2) is 41.2 Å². The van der Waals surface area contributed by atoms with Crippen molar-refractivity contribution in [1.29, 1.82) is 0 Å². The van der Waals surface area contributed by atoms with Crippen LogP contribution in [-0.2, 0) is 4.79 Å². The summed E-state index contributed by atoms with van der Waals surface area (Å²) in [5.74, 6) is -1.31. The molecule has 1 aromatic rings. The monoisotopic (exact) mass is 265 g/mol. The molecule has 3 N–H and O–H groups in total. The molecule has 0 amide bonds. The first-order valence-electron chi connectivity index (χ1n) is 6.13. The second kappa shape index (κ2) is 7.01. The molecule has 0 aliphatic carbocycles. The predicted molar refractivity (Wildman–Crippen MR) is 71.4 cm³/mol. The lowest BCUT2D eigenvalue weighted by Crippen LogP contribution is -2.40. The number of Topliss-reactive ketones (excluding diaryl/α,β-unsaturated/α-hetero) is 1. The maximum absolute atomic E-state index is 12.2. The minimum atomic E-state index is -1.05. The van der Waals surface area contributed by atoms with Gasteiger partial charge in [-0.05, 0) is 31.0 Å². The number of aliphatic hydroxyl groups is 1. The SMILES string of the molecule is Cc1ccc(C(=O)C(CC(=O)O)NCCO)cc1C. The van der Waals surface area contributed by atoms with Gasteiger partial charge in [-0.1, -0.05) is 12.1 Å². The molecule has 1 unspecified atom stereocenters. The number of ketones is 1. The zero-order valence-corrected chi connectivity index (χ0v) is 11.1. The molecule has 0 heterocycles. The van der Waals surface area contributed by atoms with Gasteiger partial charge in [0.25, 0.3) is 0 Å². The molecule has 5 nitrogen and oxygen atoms in total. The van der Waals surface area contributed by atoms with Gasteiger partial charge < -0.3 is 15.5 Å². The van der Waals surface area contributed by atoms with Gasteiger partial charge in [0.15, 0.2) is 5.78 Å². The summed E-state index contributed by atoms with van der Waals surface area (Å²) in [6, 6.07) is 4.48. The van der Waals surface area contributed by atoms with E-state index in [1.54, 1.807) is 12.1 Å². The third-order valence-electron chi connectivity index (χ3n) is 2.99. The number of aliphatic hydroxyl groups excluding tert-OH is 1. The molecular weight excluding hydrogens is 246 g/mol. The Balaban J connectivity index is 2.90. The van der Waals surface area contributed by atoms with Gasteiger partial charge in [-0.2, -0.15) is 0 Å². The molecule has 0 radical (unpaired) electrons. The second-order valence-corrected chi connectivity index (χ2v) is 4.49. The summed E-state index contributed by atoms with van der Waals surface area (Å²) in [6.45, 7) is 3.90. The standard InChI is InChI=1S/C14H19NO4/c1-9-3-4-11(7-10(9)2)14(19)12(8-13(17)18)15-5-6-16/h3-4,7,12,15-16H,5-6,8H2,1-2H3,(H,17,18). The highest BCUT2D eigenvalue weighted by Gasteiger charge is 2.22. The van der Waals surface area contributed by atoms with E-state index in [2.05, 4.69) is 5.32 Å². The Hall–Kier alpha value is -1.72. The summed E-state index contributed by atoms with van der Waals surface area (Å²) >= 11 is 0. The van der Waals surface area contributed by atoms with Gasteiger partial charge in [0, 0.05) is 12.1 Å². The minimum Gasteiger partial charge on any atom is -0.481 e. The van der Waals surface area contributed by atoms with Crippen molar-refractivity contribution in [3.8, 4) is 0 Å². The van der Waals surface area contributed by atoms with Gasteiger partial charge >= 0.3 is 5.97 Å². The molecular formula is C14H19NO4. The fraction of sp³-hybridized carbons (Fsp3) is 0.429. The first-order valence-corrected chi connectivity index (χ1v) is 6.13. The number of nitrogens with one attached hydrogen (secondary N) is 1. The Labute approximate surface area is 112 Å². The highest BCUT2D eigenvalue weighted by atomic mass is 16.4. The summed E-state index contributed by atoms with van der Waals surface area (Å²) in [4.78, 5) is 23.0. The number of carbonyl (C=O) groups excluding carboxylic acids is 1. The molecule has 0 fully saturated rings. The van der Waals surface area contributed by atoms with Gasteiger partial charge in [0.2, 0.25) is 0 Å². The van der Waals surface area contributed by atoms with E-state index < -0.39 is 12.0 Å². The van der Waals surface area contributed by atoms with Crippen LogP contribution in [0.15, 0.2) is 18.2 Å². The molecule has 0 aromatic heterocycles. The maximum Gasteiger partial charge on any atom is 0.305 e. The average molecular weight is 265 g/mol. The molecule has 0 spiro atoms. The number of carboxylic acid groups (broad SMARTS) is 1. The van der Waals surface area contributed by atoms with Gasteiger partial charge in [-0.3, -0.25) is 9.59 Å². The number of aliphatic carboxylic acids is 1. The van der Waals surface area contributed by atoms with Crippen LogP contribution >= 0.6 is 0 Å². The molecule has 1 rings (SSSR count). The average Bonchev–Trinajstić information content (AvgIpc) is 2.36. The fourth-order valence-electron chi connectivity index (χ4n) is 1.77. The van der Waals surface area contributed by atoms with Crippen LogP contribution in [0.25, 0.3) is 0 Å². The molecule has 104 valence electrons. The third-order valence-corrected chi connectivity index (χ3v) is 2.99. The third kappa shape index (κ3) is 4.46. The molecule has 0 bridgehead atoms. The summed E-state index contributed by atoms with van der Waals surface area (Å²) in [7, 11) is 0. The first-order chi connectivity index (χ1) is 8.95. The van der Waals surface area contributed by atoms with Gasteiger partial charge in [0.1, 0.15) is 0 Å². The zero-order valence-electron chi connectivity index (χ0n) is 11.1. The van der Waals surface area contributed by atoms with Crippen LogP contribution in [0.2, 0.25) is 0 Å². The molecule has 0 aliphatic heterocycles. The Morgan fingerprint density at radius 2 is 1.95 bits per heavy atom. The van der Waals surface area contributed by atoms with E-state index in [4.69, 9.17) is 10.2 Å². The molecule has 19 heavy (non-hydrogen) atoms. The Bertz CT molecular complexity index is 471. The lowest BCUT2D eigenvalue weighted by molar-refractivity contribution is -0.137. The Kier molecular flexibility index (Phi) is 5.66. The molecule has 0 saturated carbocycles. The summed E-state index contributed by atoms with van der Waals surface area (Å²) in [6.07, 6.45) is -0.300. The van der Waals surface area contributed by atoms with Gasteiger partial charge in [-0.25, -0.2) is 0 Å².